The first-order chi connectivity index (χ1) is 14.1. The third-order valence-electron chi connectivity index (χ3n) is 4.09. The highest BCUT2D eigenvalue weighted by molar-refractivity contribution is 5.97. The van der Waals surface area contributed by atoms with Crippen LogP contribution in [0.4, 0.5) is 16.2 Å². The maximum atomic E-state index is 12.8. The minimum Gasteiger partial charge on any atom is -0.478 e. The zero-order valence-electron chi connectivity index (χ0n) is 17.5. The van der Waals surface area contributed by atoms with Crippen LogP contribution < -0.4 is 16.0 Å². The van der Waals surface area contributed by atoms with Crippen LogP contribution in [0.15, 0.2) is 48.5 Å². The van der Waals surface area contributed by atoms with E-state index in [1.165, 1.54) is 24.3 Å². The minimum absolute atomic E-state index is 0.112. The fourth-order valence-electron chi connectivity index (χ4n) is 2.63. The number of amides is 2. The normalized spacial score (nSPS) is 11.9. The number of alkyl carbamates (subject to hydrolysis) is 1. The number of carbonyl (C=O) groups is 3. The Hall–Kier alpha value is -3.55. The molecular formula is C22H27N3O5. The van der Waals surface area contributed by atoms with Crippen LogP contribution in [0.5, 0.6) is 0 Å². The quantitative estimate of drug-likeness (QED) is 0.552. The first kappa shape index (κ1) is 22.7. The number of nitrogens with one attached hydrogen (secondary N) is 3. The molecule has 8 heteroatoms. The zero-order valence-corrected chi connectivity index (χ0v) is 17.5. The van der Waals surface area contributed by atoms with Crippen LogP contribution in [0, 0.1) is 0 Å². The van der Waals surface area contributed by atoms with Gasteiger partial charge in [-0.1, -0.05) is 12.1 Å². The number of carbonyl (C=O) groups excluding carboxylic acids is 2. The van der Waals surface area contributed by atoms with Gasteiger partial charge in [-0.05, 0) is 62.7 Å². The fourth-order valence-corrected chi connectivity index (χ4v) is 2.63. The molecule has 0 aliphatic heterocycles. The lowest BCUT2D eigenvalue weighted by Crippen LogP contribution is -2.47. The van der Waals surface area contributed by atoms with Gasteiger partial charge in [0, 0.05) is 24.8 Å². The molecule has 0 aliphatic rings. The molecule has 0 aromatic heterocycles. The third-order valence-corrected chi connectivity index (χ3v) is 4.09. The number of carboxylic acids is 1. The van der Waals surface area contributed by atoms with Crippen molar-refractivity contribution in [2.75, 3.05) is 17.7 Å². The Morgan fingerprint density at radius 3 is 2.03 bits per heavy atom. The van der Waals surface area contributed by atoms with Crippen molar-refractivity contribution in [3.63, 3.8) is 0 Å². The smallest absolute Gasteiger partial charge is 0.408 e. The molecule has 8 nitrogen and oxygen atoms in total. The molecule has 0 spiro atoms. The zero-order chi connectivity index (χ0) is 22.3. The second kappa shape index (κ2) is 9.78. The Kier molecular flexibility index (Phi) is 7.41. The van der Waals surface area contributed by atoms with Crippen LogP contribution in [0.25, 0.3) is 0 Å². The first-order valence-electron chi connectivity index (χ1n) is 9.48. The summed E-state index contributed by atoms with van der Waals surface area (Å²) in [7, 11) is 1.81. The summed E-state index contributed by atoms with van der Waals surface area (Å²) >= 11 is 0. The SMILES string of the molecule is CNc1ccc(CC(NC(=O)OC(C)(C)C)C(=O)Nc2ccc(C(=O)O)cc2)cc1. The second-order valence-electron chi connectivity index (χ2n) is 7.72. The van der Waals surface area contributed by atoms with E-state index in [2.05, 4.69) is 16.0 Å². The second-order valence-corrected chi connectivity index (χ2v) is 7.72. The van der Waals surface area contributed by atoms with E-state index in [-0.39, 0.29) is 12.0 Å². The summed E-state index contributed by atoms with van der Waals surface area (Å²) in [6, 6.07) is 12.4. The summed E-state index contributed by atoms with van der Waals surface area (Å²) in [6.45, 7) is 5.21. The van der Waals surface area contributed by atoms with E-state index < -0.39 is 29.6 Å². The number of hydrogen-bond donors (Lipinski definition) is 4. The lowest BCUT2D eigenvalue weighted by atomic mass is 10.0. The number of anilines is 2. The Morgan fingerprint density at radius 2 is 1.53 bits per heavy atom. The Balaban J connectivity index is 2.16. The molecule has 0 saturated carbocycles. The Morgan fingerprint density at radius 1 is 0.967 bits per heavy atom. The van der Waals surface area contributed by atoms with Gasteiger partial charge in [0.05, 0.1) is 5.56 Å². The van der Waals surface area contributed by atoms with Gasteiger partial charge in [-0.25, -0.2) is 9.59 Å². The summed E-state index contributed by atoms with van der Waals surface area (Å²) in [5, 5.41) is 17.3. The molecule has 2 amide bonds. The lowest BCUT2D eigenvalue weighted by molar-refractivity contribution is -0.118. The maximum Gasteiger partial charge on any atom is 0.408 e. The molecule has 1 unspecified atom stereocenters. The van der Waals surface area contributed by atoms with Gasteiger partial charge >= 0.3 is 12.1 Å². The highest BCUT2D eigenvalue weighted by Gasteiger charge is 2.25. The van der Waals surface area contributed by atoms with Gasteiger partial charge in [-0.3, -0.25) is 4.79 Å². The Bertz CT molecular complexity index is 886. The largest absolute Gasteiger partial charge is 0.478 e. The van der Waals surface area contributed by atoms with Gasteiger partial charge < -0.3 is 25.8 Å². The Labute approximate surface area is 175 Å². The average Bonchev–Trinajstić information content (AvgIpc) is 2.67. The van der Waals surface area contributed by atoms with E-state index in [0.29, 0.717) is 5.69 Å². The number of rotatable bonds is 7. The molecule has 4 N–H and O–H groups in total. The van der Waals surface area contributed by atoms with Crippen LogP contribution in [0.1, 0.15) is 36.7 Å². The number of benzene rings is 2. The molecular weight excluding hydrogens is 386 g/mol. The van der Waals surface area contributed by atoms with Gasteiger partial charge in [0.1, 0.15) is 11.6 Å². The van der Waals surface area contributed by atoms with Gasteiger partial charge in [-0.15, -0.1) is 0 Å². The topological polar surface area (TPSA) is 117 Å². The molecule has 30 heavy (non-hydrogen) atoms. The van der Waals surface area contributed by atoms with Crippen molar-refractivity contribution in [1.29, 1.82) is 0 Å². The summed E-state index contributed by atoms with van der Waals surface area (Å²) in [6.07, 6.45) is -0.446. The van der Waals surface area contributed by atoms with E-state index in [9.17, 15) is 14.4 Å². The molecule has 0 radical (unpaired) electrons. The maximum absolute atomic E-state index is 12.8. The van der Waals surface area contributed by atoms with Crippen LogP contribution in [-0.2, 0) is 16.0 Å². The van der Waals surface area contributed by atoms with Crippen molar-refractivity contribution in [2.24, 2.45) is 0 Å². The molecule has 0 saturated heterocycles. The van der Waals surface area contributed by atoms with Crippen molar-refractivity contribution >= 4 is 29.3 Å². The van der Waals surface area contributed by atoms with Crippen LogP contribution in [-0.4, -0.2) is 41.8 Å². The molecule has 160 valence electrons. The summed E-state index contributed by atoms with van der Waals surface area (Å²) in [5.74, 6) is -1.50. The number of hydrogen-bond acceptors (Lipinski definition) is 5. The van der Waals surface area contributed by atoms with E-state index in [1.807, 2.05) is 31.3 Å². The summed E-state index contributed by atoms with van der Waals surface area (Å²) in [4.78, 5) is 36.1. The predicted molar refractivity (Wildman–Crippen MR) is 115 cm³/mol. The third kappa shape index (κ3) is 7.12. The van der Waals surface area contributed by atoms with Gasteiger partial charge in [-0.2, -0.15) is 0 Å². The van der Waals surface area contributed by atoms with E-state index >= 15 is 0 Å². The highest BCUT2D eigenvalue weighted by Crippen LogP contribution is 2.14. The molecule has 2 aromatic rings. The lowest BCUT2D eigenvalue weighted by Gasteiger charge is -2.23. The van der Waals surface area contributed by atoms with Crippen molar-refractivity contribution in [3.8, 4) is 0 Å². The highest BCUT2D eigenvalue weighted by atomic mass is 16.6. The van der Waals surface area contributed by atoms with E-state index in [0.717, 1.165) is 11.3 Å². The average molecular weight is 413 g/mol. The first-order valence-corrected chi connectivity index (χ1v) is 9.48. The standard InChI is InChI=1S/C22H27N3O5/c1-22(2,3)30-21(29)25-18(13-14-5-9-16(23-4)10-6-14)19(26)24-17-11-7-15(8-12-17)20(27)28/h5-12,18,23H,13H2,1-4H3,(H,24,26)(H,25,29)(H,27,28). The van der Waals surface area contributed by atoms with Crippen LogP contribution >= 0.6 is 0 Å². The van der Waals surface area contributed by atoms with Gasteiger partial charge in [0.15, 0.2) is 0 Å². The molecule has 2 aromatic carbocycles. The van der Waals surface area contributed by atoms with Gasteiger partial charge in [0.2, 0.25) is 5.91 Å². The summed E-state index contributed by atoms with van der Waals surface area (Å²) in [5.41, 5.74) is 1.61. The molecule has 1 atom stereocenters. The predicted octanol–water partition coefficient (Wildman–Crippen LogP) is 3.50. The van der Waals surface area contributed by atoms with Gasteiger partial charge in [0.25, 0.3) is 0 Å². The summed E-state index contributed by atoms with van der Waals surface area (Å²) < 4.78 is 5.28. The number of carboxylic acid groups (broad SMARTS) is 1. The molecule has 0 fully saturated rings. The number of aromatic carboxylic acids is 1. The molecule has 2 rings (SSSR count). The van der Waals surface area contributed by atoms with Crippen molar-refractivity contribution in [1.82, 2.24) is 5.32 Å². The molecule has 0 bridgehead atoms. The fraction of sp³-hybridized carbons (Fsp3) is 0.318. The van der Waals surface area contributed by atoms with Crippen LogP contribution in [0.3, 0.4) is 0 Å². The van der Waals surface area contributed by atoms with E-state index in [1.54, 1.807) is 20.8 Å². The van der Waals surface area contributed by atoms with Crippen molar-refractivity contribution < 1.29 is 24.2 Å². The molecule has 0 heterocycles. The van der Waals surface area contributed by atoms with E-state index in [4.69, 9.17) is 9.84 Å². The van der Waals surface area contributed by atoms with Crippen molar-refractivity contribution in [3.05, 3.63) is 59.7 Å². The minimum atomic E-state index is -1.05. The van der Waals surface area contributed by atoms with Crippen LogP contribution in [0.2, 0.25) is 0 Å². The number of ether oxygens (including phenoxy) is 1. The van der Waals surface area contributed by atoms with Crippen molar-refractivity contribution in [2.45, 2.75) is 38.8 Å². The molecule has 0 aliphatic carbocycles. The monoisotopic (exact) mass is 413 g/mol.